The number of ether oxygens (including phenoxy) is 1. The van der Waals surface area contributed by atoms with Crippen molar-refractivity contribution in [1.29, 1.82) is 0 Å². The van der Waals surface area contributed by atoms with Crippen LogP contribution in [-0.2, 0) is 0 Å². The summed E-state index contributed by atoms with van der Waals surface area (Å²) in [6.45, 7) is 7.04. The Labute approximate surface area is 128 Å². The van der Waals surface area contributed by atoms with Gasteiger partial charge in [0.2, 0.25) is 11.9 Å². The van der Waals surface area contributed by atoms with Crippen LogP contribution in [0.4, 0.5) is 11.9 Å². The van der Waals surface area contributed by atoms with Gasteiger partial charge in [0.1, 0.15) is 0 Å². The maximum atomic E-state index is 5.49. The predicted octanol–water partition coefficient (Wildman–Crippen LogP) is 3.47. The van der Waals surface area contributed by atoms with Gasteiger partial charge in [0, 0.05) is 13.1 Å². The molecule has 1 aromatic rings. The summed E-state index contributed by atoms with van der Waals surface area (Å²) in [4.78, 5) is 12.8. The van der Waals surface area contributed by atoms with Crippen LogP contribution in [-0.4, -0.2) is 34.6 Å². The Kier molecular flexibility index (Phi) is 8.47. The van der Waals surface area contributed by atoms with Gasteiger partial charge >= 0.3 is 6.01 Å². The summed E-state index contributed by atoms with van der Waals surface area (Å²) in [6.07, 6.45) is 7.12. The van der Waals surface area contributed by atoms with E-state index in [-0.39, 0.29) is 0 Å². The molecule has 0 saturated heterocycles. The molecule has 2 N–H and O–H groups in total. The van der Waals surface area contributed by atoms with E-state index in [4.69, 9.17) is 4.74 Å². The van der Waals surface area contributed by atoms with Crippen molar-refractivity contribution >= 4 is 11.9 Å². The number of hydrogen-bond acceptors (Lipinski definition) is 6. The summed E-state index contributed by atoms with van der Waals surface area (Å²) < 4.78 is 5.49. The molecule has 1 unspecified atom stereocenters. The highest BCUT2D eigenvalue weighted by atomic mass is 16.5. The fourth-order valence-corrected chi connectivity index (χ4v) is 1.96. The van der Waals surface area contributed by atoms with Crippen molar-refractivity contribution in [3.05, 3.63) is 0 Å². The third-order valence-electron chi connectivity index (χ3n) is 3.14. The lowest BCUT2D eigenvalue weighted by Crippen LogP contribution is -2.18. The van der Waals surface area contributed by atoms with E-state index in [1.807, 2.05) is 0 Å². The molecule has 0 aliphatic carbocycles. The van der Waals surface area contributed by atoms with Crippen LogP contribution in [0.3, 0.4) is 0 Å². The van der Waals surface area contributed by atoms with E-state index in [9.17, 15) is 0 Å². The minimum absolute atomic E-state index is 0.341. The zero-order valence-corrected chi connectivity index (χ0v) is 13.8. The van der Waals surface area contributed by atoms with Gasteiger partial charge in [-0.15, -0.1) is 0 Å². The van der Waals surface area contributed by atoms with Crippen LogP contribution >= 0.6 is 0 Å². The summed E-state index contributed by atoms with van der Waals surface area (Å²) >= 11 is 0. The van der Waals surface area contributed by atoms with Crippen LogP contribution < -0.4 is 15.4 Å². The minimum Gasteiger partial charge on any atom is -0.463 e. The molecule has 1 aromatic heterocycles. The molecule has 21 heavy (non-hydrogen) atoms. The molecular formula is C15H29N5O. The molecule has 0 aliphatic heterocycles. The van der Waals surface area contributed by atoms with Crippen molar-refractivity contribution in [2.24, 2.45) is 0 Å². The molecule has 6 nitrogen and oxygen atoms in total. The second-order valence-electron chi connectivity index (χ2n) is 5.26. The van der Waals surface area contributed by atoms with E-state index in [0.717, 1.165) is 12.8 Å². The molecule has 1 rings (SSSR count). The summed E-state index contributed by atoms with van der Waals surface area (Å²) in [6, 6.07) is 0.713. The first kappa shape index (κ1) is 17.5. The lowest BCUT2D eigenvalue weighted by Gasteiger charge is -2.14. The third-order valence-corrected chi connectivity index (χ3v) is 3.14. The summed E-state index contributed by atoms with van der Waals surface area (Å²) in [7, 11) is 1.79. The SMILES string of the molecule is CCCCCCC(C)Nc1nc(NC)nc(OCCC)n1. The fraction of sp³-hybridized carbons (Fsp3) is 0.800. The highest BCUT2D eigenvalue weighted by Gasteiger charge is 2.09. The Hall–Kier alpha value is -1.59. The van der Waals surface area contributed by atoms with Crippen LogP contribution in [0.1, 0.15) is 59.3 Å². The first-order valence-electron chi connectivity index (χ1n) is 8.02. The molecule has 120 valence electrons. The van der Waals surface area contributed by atoms with Gasteiger partial charge in [-0.2, -0.15) is 15.0 Å². The van der Waals surface area contributed by atoms with Crippen LogP contribution in [0, 0.1) is 0 Å². The maximum Gasteiger partial charge on any atom is 0.323 e. The van der Waals surface area contributed by atoms with E-state index in [1.165, 1.54) is 25.7 Å². The Morgan fingerprint density at radius 3 is 2.43 bits per heavy atom. The number of anilines is 2. The lowest BCUT2D eigenvalue weighted by molar-refractivity contribution is 0.292. The van der Waals surface area contributed by atoms with Crippen molar-refractivity contribution in [2.45, 2.75) is 65.3 Å². The number of nitrogens with one attached hydrogen (secondary N) is 2. The molecule has 1 atom stereocenters. The van der Waals surface area contributed by atoms with Crippen molar-refractivity contribution < 1.29 is 4.74 Å². The van der Waals surface area contributed by atoms with Crippen LogP contribution in [0.15, 0.2) is 0 Å². The summed E-state index contributed by atoms with van der Waals surface area (Å²) in [5, 5.41) is 6.26. The van der Waals surface area contributed by atoms with Gasteiger partial charge in [-0.05, 0) is 19.8 Å². The first-order chi connectivity index (χ1) is 10.2. The number of aromatic nitrogens is 3. The molecule has 0 aromatic carbocycles. The molecule has 0 saturated carbocycles. The molecule has 0 fully saturated rings. The van der Waals surface area contributed by atoms with E-state index in [1.54, 1.807) is 7.05 Å². The van der Waals surface area contributed by atoms with Crippen LogP contribution in [0.25, 0.3) is 0 Å². The molecular weight excluding hydrogens is 266 g/mol. The summed E-state index contributed by atoms with van der Waals surface area (Å²) in [5.41, 5.74) is 0. The van der Waals surface area contributed by atoms with E-state index in [2.05, 4.69) is 46.4 Å². The highest BCUT2D eigenvalue weighted by molar-refractivity contribution is 5.35. The van der Waals surface area contributed by atoms with Crippen LogP contribution in [0.5, 0.6) is 6.01 Å². The first-order valence-corrected chi connectivity index (χ1v) is 8.02. The monoisotopic (exact) mass is 295 g/mol. The minimum atomic E-state index is 0.341. The van der Waals surface area contributed by atoms with Crippen LogP contribution in [0.2, 0.25) is 0 Å². The normalized spacial score (nSPS) is 12.0. The van der Waals surface area contributed by atoms with Gasteiger partial charge in [-0.3, -0.25) is 0 Å². The number of rotatable bonds is 11. The molecule has 0 amide bonds. The topological polar surface area (TPSA) is 72.0 Å². The molecule has 0 spiro atoms. The largest absolute Gasteiger partial charge is 0.463 e. The lowest BCUT2D eigenvalue weighted by atomic mass is 10.1. The quantitative estimate of drug-likeness (QED) is 0.609. The van der Waals surface area contributed by atoms with Crippen molar-refractivity contribution in [3.8, 4) is 6.01 Å². The van der Waals surface area contributed by atoms with Crippen molar-refractivity contribution in [2.75, 3.05) is 24.3 Å². The molecule has 1 heterocycles. The Bertz CT molecular complexity index is 400. The van der Waals surface area contributed by atoms with E-state index >= 15 is 0 Å². The van der Waals surface area contributed by atoms with Gasteiger partial charge < -0.3 is 15.4 Å². The molecule has 0 aliphatic rings. The van der Waals surface area contributed by atoms with Gasteiger partial charge in [0.05, 0.1) is 6.61 Å². The van der Waals surface area contributed by atoms with Gasteiger partial charge in [0.25, 0.3) is 0 Å². The van der Waals surface area contributed by atoms with Gasteiger partial charge in [-0.1, -0.05) is 39.5 Å². The average Bonchev–Trinajstić information content (AvgIpc) is 2.49. The molecule has 0 radical (unpaired) electrons. The van der Waals surface area contributed by atoms with Crippen molar-refractivity contribution in [3.63, 3.8) is 0 Å². The zero-order valence-electron chi connectivity index (χ0n) is 13.8. The van der Waals surface area contributed by atoms with E-state index < -0.39 is 0 Å². The Morgan fingerprint density at radius 2 is 1.76 bits per heavy atom. The molecule has 0 bridgehead atoms. The number of nitrogens with zero attached hydrogens (tertiary/aromatic N) is 3. The third kappa shape index (κ3) is 7.11. The number of unbranched alkanes of at least 4 members (excludes halogenated alkanes) is 3. The average molecular weight is 295 g/mol. The Morgan fingerprint density at radius 1 is 1.00 bits per heavy atom. The smallest absolute Gasteiger partial charge is 0.323 e. The highest BCUT2D eigenvalue weighted by Crippen LogP contribution is 2.14. The van der Waals surface area contributed by atoms with E-state index in [0.29, 0.717) is 30.6 Å². The second-order valence-corrected chi connectivity index (χ2v) is 5.26. The zero-order chi connectivity index (χ0) is 15.5. The summed E-state index contributed by atoms with van der Waals surface area (Å²) in [5.74, 6) is 1.10. The van der Waals surface area contributed by atoms with Gasteiger partial charge in [-0.25, -0.2) is 0 Å². The standard InChI is InChI=1S/C15H29N5O/c1-5-7-8-9-10-12(3)17-14-18-13(16-4)19-15(20-14)21-11-6-2/h12H,5-11H2,1-4H3,(H2,16,17,18,19,20). The molecule has 6 heteroatoms. The van der Waals surface area contributed by atoms with Gasteiger partial charge in [0.15, 0.2) is 0 Å². The number of hydrogen-bond donors (Lipinski definition) is 2. The maximum absolute atomic E-state index is 5.49. The second kappa shape index (κ2) is 10.2. The predicted molar refractivity (Wildman–Crippen MR) is 87.0 cm³/mol. The fourth-order valence-electron chi connectivity index (χ4n) is 1.96. The van der Waals surface area contributed by atoms with Crippen molar-refractivity contribution in [1.82, 2.24) is 15.0 Å². The Balaban J connectivity index is 2.55.